The fourth-order valence-corrected chi connectivity index (χ4v) is 5.72. The van der Waals surface area contributed by atoms with E-state index < -0.39 is 10.0 Å². The van der Waals surface area contributed by atoms with Crippen molar-refractivity contribution in [2.45, 2.75) is 33.4 Å². The molecule has 1 amide bonds. The van der Waals surface area contributed by atoms with Gasteiger partial charge in [-0.05, 0) is 49.6 Å². The third kappa shape index (κ3) is 9.02. The molecule has 8 heteroatoms. The number of nitrogens with zero attached hydrogens (tertiary/aromatic N) is 2. The standard InChI is InChI=1S/C28H34N2O4S2/c1-3-34-19-10-18-30(36(32,33)20-17-25-11-6-4-7-12-25)23-28(31)29(21-26-13-8-5-9-14-26)22-27-16-15-24(2)35-27/h4-9,11-17,20H,3,10,18-19,21-23H2,1-2H3/b20-17+. The predicted octanol–water partition coefficient (Wildman–Crippen LogP) is 5.31. The Morgan fingerprint density at radius 2 is 1.67 bits per heavy atom. The first-order valence-electron chi connectivity index (χ1n) is 12.1. The fourth-order valence-electron chi connectivity index (χ4n) is 3.64. The van der Waals surface area contributed by atoms with Crippen molar-refractivity contribution >= 4 is 33.3 Å². The zero-order valence-corrected chi connectivity index (χ0v) is 22.5. The molecule has 3 rings (SSSR count). The molecule has 0 aliphatic rings. The highest BCUT2D eigenvalue weighted by atomic mass is 32.2. The van der Waals surface area contributed by atoms with Gasteiger partial charge in [0, 0.05) is 41.5 Å². The average Bonchev–Trinajstić information content (AvgIpc) is 3.30. The number of amides is 1. The Balaban J connectivity index is 1.80. The maximum atomic E-state index is 13.5. The summed E-state index contributed by atoms with van der Waals surface area (Å²) in [6.07, 6.45) is 2.06. The van der Waals surface area contributed by atoms with Crippen LogP contribution in [0.15, 0.2) is 78.2 Å². The molecule has 2 aromatic carbocycles. The number of benzene rings is 2. The molecule has 0 aliphatic heterocycles. The molecular formula is C28H34N2O4S2. The molecule has 192 valence electrons. The quantitative estimate of drug-likeness (QED) is 0.267. The summed E-state index contributed by atoms with van der Waals surface area (Å²) in [5, 5.41) is 1.18. The van der Waals surface area contributed by atoms with E-state index in [4.69, 9.17) is 4.74 Å². The first-order valence-corrected chi connectivity index (χ1v) is 14.4. The number of rotatable bonds is 14. The van der Waals surface area contributed by atoms with Crippen molar-refractivity contribution in [3.8, 4) is 0 Å². The van der Waals surface area contributed by atoms with Gasteiger partial charge in [0.1, 0.15) is 0 Å². The number of thiophene rings is 1. The molecule has 0 atom stereocenters. The molecule has 0 unspecified atom stereocenters. The van der Waals surface area contributed by atoms with Crippen LogP contribution in [-0.2, 0) is 32.6 Å². The van der Waals surface area contributed by atoms with Crippen molar-refractivity contribution in [2.75, 3.05) is 26.3 Å². The van der Waals surface area contributed by atoms with E-state index in [-0.39, 0.29) is 19.0 Å². The van der Waals surface area contributed by atoms with Crippen LogP contribution in [0.2, 0.25) is 0 Å². The summed E-state index contributed by atoms with van der Waals surface area (Å²) in [7, 11) is -3.83. The number of hydrogen-bond acceptors (Lipinski definition) is 5. The molecule has 3 aromatic rings. The smallest absolute Gasteiger partial charge is 0.238 e. The zero-order chi connectivity index (χ0) is 25.8. The van der Waals surface area contributed by atoms with Crippen molar-refractivity contribution in [1.29, 1.82) is 0 Å². The molecule has 0 aliphatic carbocycles. The highest BCUT2D eigenvalue weighted by Crippen LogP contribution is 2.19. The van der Waals surface area contributed by atoms with Crippen LogP contribution in [0.25, 0.3) is 6.08 Å². The highest BCUT2D eigenvalue weighted by Gasteiger charge is 2.25. The second-order valence-electron chi connectivity index (χ2n) is 8.39. The normalized spacial score (nSPS) is 11.9. The largest absolute Gasteiger partial charge is 0.382 e. The number of carbonyl (C=O) groups is 1. The van der Waals surface area contributed by atoms with Gasteiger partial charge in [-0.3, -0.25) is 4.79 Å². The highest BCUT2D eigenvalue weighted by molar-refractivity contribution is 7.92. The minimum absolute atomic E-state index is 0.199. The molecule has 0 fully saturated rings. The van der Waals surface area contributed by atoms with E-state index in [2.05, 4.69) is 0 Å². The van der Waals surface area contributed by atoms with Crippen molar-refractivity contribution in [3.63, 3.8) is 0 Å². The first-order chi connectivity index (χ1) is 17.4. The van der Waals surface area contributed by atoms with E-state index in [0.29, 0.717) is 32.7 Å². The molecule has 1 aromatic heterocycles. The minimum atomic E-state index is -3.83. The van der Waals surface area contributed by atoms with E-state index in [0.717, 1.165) is 16.0 Å². The number of aryl methyl sites for hydroxylation is 1. The van der Waals surface area contributed by atoms with Crippen LogP contribution in [0.1, 0.15) is 34.2 Å². The summed E-state index contributed by atoms with van der Waals surface area (Å²) in [5.41, 5.74) is 1.77. The van der Waals surface area contributed by atoms with Crippen molar-refractivity contribution < 1.29 is 17.9 Å². The van der Waals surface area contributed by atoms with Gasteiger partial charge in [-0.1, -0.05) is 60.7 Å². The van der Waals surface area contributed by atoms with Gasteiger partial charge in [0.05, 0.1) is 13.1 Å². The summed E-state index contributed by atoms with van der Waals surface area (Å²) in [4.78, 5) is 17.5. The topological polar surface area (TPSA) is 66.9 Å². The monoisotopic (exact) mass is 526 g/mol. The lowest BCUT2D eigenvalue weighted by Crippen LogP contribution is -2.42. The van der Waals surface area contributed by atoms with Crippen molar-refractivity contribution in [1.82, 2.24) is 9.21 Å². The molecule has 36 heavy (non-hydrogen) atoms. The second kappa shape index (κ2) is 14.1. The van der Waals surface area contributed by atoms with Crippen LogP contribution in [0.3, 0.4) is 0 Å². The molecule has 6 nitrogen and oxygen atoms in total. The Labute approximate surface area is 218 Å². The van der Waals surface area contributed by atoms with Crippen molar-refractivity contribution in [3.05, 3.63) is 99.1 Å². The van der Waals surface area contributed by atoms with E-state index >= 15 is 0 Å². The van der Waals surface area contributed by atoms with Gasteiger partial charge in [0.2, 0.25) is 15.9 Å². The lowest BCUT2D eigenvalue weighted by Gasteiger charge is -2.26. The average molecular weight is 527 g/mol. The summed E-state index contributed by atoms with van der Waals surface area (Å²) in [6.45, 7) is 5.72. The lowest BCUT2D eigenvalue weighted by atomic mass is 10.2. The molecule has 0 N–H and O–H groups in total. The molecule has 0 bridgehead atoms. The Bertz CT molecular complexity index is 1210. The van der Waals surface area contributed by atoms with Crippen LogP contribution in [0, 0.1) is 6.92 Å². The lowest BCUT2D eigenvalue weighted by molar-refractivity contribution is -0.132. The van der Waals surface area contributed by atoms with Crippen LogP contribution in [0.5, 0.6) is 0 Å². The predicted molar refractivity (Wildman–Crippen MR) is 147 cm³/mol. The minimum Gasteiger partial charge on any atom is -0.382 e. The Morgan fingerprint density at radius 1 is 0.972 bits per heavy atom. The van der Waals surface area contributed by atoms with Gasteiger partial charge >= 0.3 is 0 Å². The summed E-state index contributed by atoms with van der Waals surface area (Å²) in [5.74, 6) is -0.238. The fraction of sp³-hybridized carbons (Fsp3) is 0.321. The van der Waals surface area contributed by atoms with Gasteiger partial charge < -0.3 is 9.64 Å². The van der Waals surface area contributed by atoms with Gasteiger partial charge in [0.25, 0.3) is 0 Å². The maximum absolute atomic E-state index is 13.5. The van der Waals surface area contributed by atoms with E-state index in [1.54, 1.807) is 22.3 Å². The van der Waals surface area contributed by atoms with Gasteiger partial charge in [-0.25, -0.2) is 8.42 Å². The summed E-state index contributed by atoms with van der Waals surface area (Å²) < 4.78 is 33.2. The second-order valence-corrected chi connectivity index (χ2v) is 11.6. The Morgan fingerprint density at radius 3 is 2.31 bits per heavy atom. The van der Waals surface area contributed by atoms with Crippen molar-refractivity contribution in [2.24, 2.45) is 0 Å². The van der Waals surface area contributed by atoms with Crippen LogP contribution in [-0.4, -0.2) is 49.8 Å². The van der Waals surface area contributed by atoms with Gasteiger partial charge in [-0.15, -0.1) is 11.3 Å². The van der Waals surface area contributed by atoms with Gasteiger partial charge in [0.15, 0.2) is 0 Å². The molecule has 0 spiro atoms. The van der Waals surface area contributed by atoms with E-state index in [1.165, 1.54) is 14.6 Å². The Hall–Kier alpha value is -2.78. The Kier molecular flexibility index (Phi) is 10.9. The van der Waals surface area contributed by atoms with Crippen LogP contribution < -0.4 is 0 Å². The number of ether oxygens (including phenoxy) is 1. The molecule has 1 heterocycles. The molecule has 0 saturated heterocycles. The van der Waals surface area contributed by atoms with Crippen LogP contribution >= 0.6 is 11.3 Å². The van der Waals surface area contributed by atoms with E-state index in [9.17, 15) is 13.2 Å². The molecule has 0 radical (unpaired) electrons. The zero-order valence-electron chi connectivity index (χ0n) is 20.9. The SMILES string of the molecule is CCOCCCN(CC(=O)N(Cc1ccccc1)Cc1ccc(C)s1)S(=O)(=O)/C=C/c1ccccc1. The van der Waals surface area contributed by atoms with E-state index in [1.807, 2.05) is 86.6 Å². The first kappa shape index (κ1) is 27.8. The number of carbonyl (C=O) groups excluding carboxylic acids is 1. The number of hydrogen-bond donors (Lipinski definition) is 0. The summed E-state index contributed by atoms with van der Waals surface area (Å²) >= 11 is 1.64. The third-order valence-electron chi connectivity index (χ3n) is 5.52. The maximum Gasteiger partial charge on any atom is 0.238 e. The number of sulfonamides is 1. The molecule has 0 saturated carbocycles. The third-order valence-corrected chi connectivity index (χ3v) is 8.01. The van der Waals surface area contributed by atoms with Gasteiger partial charge in [-0.2, -0.15) is 4.31 Å². The molecular weight excluding hydrogens is 492 g/mol. The summed E-state index contributed by atoms with van der Waals surface area (Å²) in [6, 6.07) is 23.0. The van der Waals surface area contributed by atoms with Crippen LogP contribution in [0.4, 0.5) is 0 Å².